The molecule has 0 saturated heterocycles. The predicted molar refractivity (Wildman–Crippen MR) is 115 cm³/mol. The number of sulfonamides is 1. The Kier molecular flexibility index (Phi) is 6.65. The number of hydrogen-bond donors (Lipinski definition) is 0. The molecule has 5 nitrogen and oxygen atoms in total. The second-order valence-corrected chi connectivity index (χ2v) is 10.3. The summed E-state index contributed by atoms with van der Waals surface area (Å²) in [5.74, 6) is -1.25. The minimum atomic E-state index is -3.79. The van der Waals surface area contributed by atoms with Crippen molar-refractivity contribution in [2.24, 2.45) is 0 Å². The van der Waals surface area contributed by atoms with Gasteiger partial charge in [-0.05, 0) is 36.8 Å². The van der Waals surface area contributed by atoms with E-state index in [1.165, 1.54) is 10.4 Å². The molecule has 1 heterocycles. The molecule has 0 bridgehead atoms. The van der Waals surface area contributed by atoms with Crippen LogP contribution in [0.25, 0.3) is 0 Å². The van der Waals surface area contributed by atoms with Crippen LogP contribution in [0.2, 0.25) is 0 Å². The van der Waals surface area contributed by atoms with Gasteiger partial charge >= 0.3 is 0 Å². The largest absolute Gasteiger partial charge is 0.307 e. The highest BCUT2D eigenvalue weighted by atomic mass is 32.2. The van der Waals surface area contributed by atoms with Crippen molar-refractivity contribution in [1.82, 2.24) is 4.31 Å². The quantitative estimate of drug-likeness (QED) is 0.698. The van der Waals surface area contributed by atoms with Crippen molar-refractivity contribution in [3.05, 3.63) is 53.8 Å². The summed E-state index contributed by atoms with van der Waals surface area (Å²) in [5.41, 5.74) is 0.496. The molecular formula is C21H25FN2O3S2. The number of fused-ring (bicyclic) bond motifs is 1. The molecule has 3 rings (SSSR count). The first-order chi connectivity index (χ1) is 13.8. The molecule has 0 aromatic heterocycles. The summed E-state index contributed by atoms with van der Waals surface area (Å²) >= 11 is 1.68. The number of anilines is 1. The molecule has 2 aromatic carbocycles. The van der Waals surface area contributed by atoms with Gasteiger partial charge in [0.15, 0.2) is 0 Å². The second kappa shape index (κ2) is 8.85. The fraction of sp³-hybridized carbons (Fsp3) is 0.381. The van der Waals surface area contributed by atoms with E-state index in [2.05, 4.69) is 6.92 Å². The average Bonchev–Trinajstić information content (AvgIpc) is 2.86. The van der Waals surface area contributed by atoms with Gasteiger partial charge < -0.3 is 4.90 Å². The lowest BCUT2D eigenvalue weighted by atomic mass is 10.1. The number of thioether (sulfide) groups is 1. The molecule has 1 atom stereocenters. The summed E-state index contributed by atoms with van der Waals surface area (Å²) in [6.07, 6.45) is 0.754. The molecule has 1 aliphatic rings. The van der Waals surface area contributed by atoms with E-state index < -0.39 is 21.7 Å². The van der Waals surface area contributed by atoms with Crippen LogP contribution in [0.3, 0.4) is 0 Å². The van der Waals surface area contributed by atoms with E-state index in [0.29, 0.717) is 24.9 Å². The summed E-state index contributed by atoms with van der Waals surface area (Å²) in [4.78, 5) is 15.7. The summed E-state index contributed by atoms with van der Waals surface area (Å²) < 4.78 is 41.6. The molecule has 0 N–H and O–H groups in total. The van der Waals surface area contributed by atoms with Gasteiger partial charge in [0.1, 0.15) is 5.82 Å². The van der Waals surface area contributed by atoms with E-state index >= 15 is 0 Å². The first-order valence-electron chi connectivity index (χ1n) is 9.66. The number of benzene rings is 2. The topological polar surface area (TPSA) is 57.7 Å². The molecule has 1 amide bonds. The first-order valence-corrected chi connectivity index (χ1v) is 12.0. The molecule has 29 heavy (non-hydrogen) atoms. The Morgan fingerprint density at radius 1 is 1.21 bits per heavy atom. The first kappa shape index (κ1) is 21.8. The fourth-order valence-electron chi connectivity index (χ4n) is 3.38. The number of hydrogen-bond acceptors (Lipinski definition) is 4. The zero-order valence-corrected chi connectivity index (χ0v) is 18.4. The maximum Gasteiger partial charge on any atom is 0.261 e. The molecular weight excluding hydrogens is 411 g/mol. The molecule has 8 heteroatoms. The third kappa shape index (κ3) is 4.34. The van der Waals surface area contributed by atoms with Crippen molar-refractivity contribution in [2.45, 2.75) is 42.2 Å². The van der Waals surface area contributed by atoms with E-state index in [1.807, 2.05) is 24.3 Å². The minimum absolute atomic E-state index is 0.0724. The van der Waals surface area contributed by atoms with Gasteiger partial charge in [-0.2, -0.15) is 4.31 Å². The Bertz CT molecular complexity index is 1010. The number of carbonyl (C=O) groups excluding carboxylic acids is 1. The van der Waals surface area contributed by atoms with Crippen molar-refractivity contribution >= 4 is 33.4 Å². The number of nitrogens with zero attached hydrogens (tertiary/aromatic N) is 2. The lowest BCUT2D eigenvalue weighted by molar-refractivity contribution is 0.0982. The Morgan fingerprint density at radius 3 is 2.59 bits per heavy atom. The van der Waals surface area contributed by atoms with Gasteiger partial charge in [-0.25, -0.2) is 12.8 Å². The molecule has 0 radical (unpaired) electrons. The predicted octanol–water partition coefficient (Wildman–Crippen LogP) is 4.39. The van der Waals surface area contributed by atoms with Crippen molar-refractivity contribution in [3.8, 4) is 0 Å². The Hall–Kier alpha value is -1.90. The number of amides is 1. The number of carbonyl (C=O) groups is 1. The molecule has 0 fully saturated rings. The van der Waals surface area contributed by atoms with Crippen molar-refractivity contribution < 1.29 is 17.6 Å². The highest BCUT2D eigenvalue weighted by Crippen LogP contribution is 2.38. The van der Waals surface area contributed by atoms with Crippen LogP contribution in [-0.4, -0.2) is 43.5 Å². The third-order valence-corrected chi connectivity index (χ3v) is 8.28. The Balaban J connectivity index is 2.04. The lowest BCUT2D eigenvalue weighted by Crippen LogP contribution is -2.34. The van der Waals surface area contributed by atoms with Gasteiger partial charge in [0.2, 0.25) is 10.0 Å². The van der Waals surface area contributed by atoms with Crippen LogP contribution in [0.1, 0.15) is 37.6 Å². The highest BCUT2D eigenvalue weighted by molar-refractivity contribution is 8.00. The molecule has 0 aliphatic carbocycles. The standard InChI is InChI=1S/C21H25FN2O3S2/c1-4-23(5-2)29(26,27)16-10-11-18(22)17(14-16)21(25)24-13-12-15(3)28-20-9-7-6-8-19(20)24/h6-11,14-15H,4-5,12-13H2,1-3H3. The fourth-order valence-corrected chi connectivity index (χ4v) is 5.98. The lowest BCUT2D eigenvalue weighted by Gasteiger charge is -2.23. The van der Waals surface area contributed by atoms with Crippen LogP contribution >= 0.6 is 11.8 Å². The Labute approximate surface area is 175 Å². The van der Waals surface area contributed by atoms with Crippen LogP contribution in [0.4, 0.5) is 10.1 Å². The summed E-state index contributed by atoms with van der Waals surface area (Å²) in [6, 6.07) is 11.0. The third-order valence-electron chi connectivity index (χ3n) is 5.00. The van der Waals surface area contributed by atoms with E-state index in [-0.39, 0.29) is 10.5 Å². The van der Waals surface area contributed by atoms with Crippen molar-refractivity contribution in [3.63, 3.8) is 0 Å². The van der Waals surface area contributed by atoms with Crippen molar-refractivity contribution in [1.29, 1.82) is 0 Å². The number of para-hydroxylation sites is 1. The maximum absolute atomic E-state index is 14.6. The summed E-state index contributed by atoms with van der Waals surface area (Å²) in [5, 5.41) is 0.313. The SMILES string of the molecule is CCN(CC)S(=O)(=O)c1ccc(F)c(C(=O)N2CCC(C)Sc3ccccc32)c1. The van der Waals surface area contributed by atoms with Gasteiger partial charge in [0.05, 0.1) is 16.1 Å². The highest BCUT2D eigenvalue weighted by Gasteiger charge is 2.29. The summed E-state index contributed by atoms with van der Waals surface area (Å²) in [7, 11) is -3.79. The van der Waals surface area contributed by atoms with Crippen LogP contribution in [0.15, 0.2) is 52.3 Å². The van der Waals surface area contributed by atoms with Gasteiger partial charge in [-0.15, -0.1) is 11.8 Å². The zero-order valence-electron chi connectivity index (χ0n) is 16.8. The average molecular weight is 437 g/mol. The maximum atomic E-state index is 14.6. The van der Waals surface area contributed by atoms with E-state index in [4.69, 9.17) is 0 Å². The monoisotopic (exact) mass is 436 g/mol. The van der Waals surface area contributed by atoms with Gasteiger partial charge in [0, 0.05) is 29.8 Å². The minimum Gasteiger partial charge on any atom is -0.307 e. The smallest absolute Gasteiger partial charge is 0.261 e. The van der Waals surface area contributed by atoms with Crippen molar-refractivity contribution in [2.75, 3.05) is 24.5 Å². The molecule has 1 unspecified atom stereocenters. The molecule has 2 aromatic rings. The van der Waals surface area contributed by atoms with Crippen LogP contribution in [0, 0.1) is 5.82 Å². The van der Waals surface area contributed by atoms with Gasteiger partial charge in [-0.3, -0.25) is 4.79 Å². The number of halogens is 1. The van der Waals surface area contributed by atoms with Crippen LogP contribution < -0.4 is 4.90 Å². The molecule has 0 spiro atoms. The van der Waals surface area contributed by atoms with Crippen LogP contribution in [-0.2, 0) is 10.0 Å². The van der Waals surface area contributed by atoms with Gasteiger partial charge in [0.25, 0.3) is 5.91 Å². The molecule has 0 saturated carbocycles. The normalized spacial score (nSPS) is 17.1. The van der Waals surface area contributed by atoms with E-state index in [1.54, 1.807) is 30.5 Å². The second-order valence-electron chi connectivity index (χ2n) is 6.87. The van der Waals surface area contributed by atoms with Crippen LogP contribution in [0.5, 0.6) is 0 Å². The zero-order chi connectivity index (χ0) is 21.2. The van der Waals surface area contributed by atoms with E-state index in [0.717, 1.165) is 29.1 Å². The summed E-state index contributed by atoms with van der Waals surface area (Å²) in [6.45, 7) is 6.61. The molecule has 1 aliphatic heterocycles. The number of rotatable bonds is 5. The Morgan fingerprint density at radius 2 is 1.90 bits per heavy atom. The molecule has 156 valence electrons. The van der Waals surface area contributed by atoms with Gasteiger partial charge in [-0.1, -0.05) is 32.9 Å². The van der Waals surface area contributed by atoms with E-state index in [9.17, 15) is 17.6 Å².